The minimum absolute atomic E-state index is 0.0609. The second-order valence-corrected chi connectivity index (χ2v) is 8.65. The minimum atomic E-state index is -0.527. The van der Waals surface area contributed by atoms with Gasteiger partial charge in [-0.3, -0.25) is 9.59 Å². The van der Waals surface area contributed by atoms with Crippen molar-refractivity contribution >= 4 is 39.8 Å². The average Bonchev–Trinajstić information content (AvgIpc) is 2.89. The van der Waals surface area contributed by atoms with Crippen LogP contribution in [0.3, 0.4) is 0 Å². The van der Waals surface area contributed by atoms with Crippen LogP contribution >= 0.6 is 22.9 Å². The van der Waals surface area contributed by atoms with Crippen LogP contribution in [-0.4, -0.2) is 23.8 Å². The molecule has 0 spiro atoms. The van der Waals surface area contributed by atoms with Gasteiger partial charge in [0.25, 0.3) is 5.91 Å². The van der Waals surface area contributed by atoms with Gasteiger partial charge in [-0.1, -0.05) is 38.4 Å². The van der Waals surface area contributed by atoms with Crippen LogP contribution in [0, 0.1) is 18.2 Å². The van der Waals surface area contributed by atoms with Crippen molar-refractivity contribution in [3.05, 3.63) is 51.1 Å². The fourth-order valence-electron chi connectivity index (χ4n) is 2.22. The van der Waals surface area contributed by atoms with Gasteiger partial charge < -0.3 is 10.2 Å². The monoisotopic (exact) mass is 396 g/mol. The van der Waals surface area contributed by atoms with E-state index in [-0.39, 0.29) is 28.9 Å². The van der Waals surface area contributed by atoms with Crippen LogP contribution in [0.1, 0.15) is 41.6 Å². The number of carbonyl (C=O) groups excluding carboxylic acids is 2. The first-order chi connectivity index (χ1) is 12.0. The van der Waals surface area contributed by atoms with Gasteiger partial charge in [-0.05, 0) is 30.7 Å². The number of thiophene rings is 1. The van der Waals surface area contributed by atoms with Gasteiger partial charge in [-0.15, -0.1) is 11.3 Å². The highest BCUT2D eigenvalue weighted by molar-refractivity contribution is 7.18. The van der Waals surface area contributed by atoms with E-state index in [1.54, 1.807) is 26.1 Å². The molecule has 0 saturated heterocycles. The summed E-state index contributed by atoms with van der Waals surface area (Å²) in [4.78, 5) is 26.8. The van der Waals surface area contributed by atoms with Crippen LogP contribution in [0.4, 0.5) is 9.39 Å². The summed E-state index contributed by atoms with van der Waals surface area (Å²) in [6.45, 7) is 7.33. The van der Waals surface area contributed by atoms with Crippen molar-refractivity contribution in [3.8, 4) is 0 Å². The van der Waals surface area contributed by atoms with Crippen molar-refractivity contribution in [2.75, 3.05) is 12.4 Å². The lowest BCUT2D eigenvalue weighted by molar-refractivity contribution is -0.123. The highest BCUT2D eigenvalue weighted by Gasteiger charge is 2.24. The SMILES string of the molecule is Cc1cc(NC(=O)C(C)(C)C)sc1C(=O)N(C)Cc1c(F)cccc1Cl. The van der Waals surface area contributed by atoms with E-state index in [2.05, 4.69) is 5.32 Å². The highest BCUT2D eigenvalue weighted by Crippen LogP contribution is 2.30. The molecule has 0 fully saturated rings. The summed E-state index contributed by atoms with van der Waals surface area (Å²) >= 11 is 7.25. The van der Waals surface area contributed by atoms with Gasteiger partial charge >= 0.3 is 0 Å². The number of carbonyl (C=O) groups is 2. The van der Waals surface area contributed by atoms with Gasteiger partial charge in [0, 0.05) is 23.0 Å². The molecule has 1 aromatic heterocycles. The Kier molecular flexibility index (Phi) is 6.09. The number of anilines is 1. The zero-order chi connectivity index (χ0) is 19.6. The zero-order valence-electron chi connectivity index (χ0n) is 15.4. The number of rotatable bonds is 4. The van der Waals surface area contributed by atoms with E-state index in [9.17, 15) is 14.0 Å². The molecule has 2 aromatic rings. The summed E-state index contributed by atoms with van der Waals surface area (Å²) in [6.07, 6.45) is 0. The molecule has 0 aliphatic rings. The zero-order valence-corrected chi connectivity index (χ0v) is 17.0. The minimum Gasteiger partial charge on any atom is -0.337 e. The Hall–Kier alpha value is -1.92. The lowest BCUT2D eigenvalue weighted by Crippen LogP contribution is -2.27. The second-order valence-electron chi connectivity index (χ2n) is 7.19. The number of nitrogens with one attached hydrogen (secondary N) is 1. The van der Waals surface area contributed by atoms with Gasteiger partial charge in [-0.25, -0.2) is 4.39 Å². The van der Waals surface area contributed by atoms with Crippen LogP contribution in [0.2, 0.25) is 5.02 Å². The largest absolute Gasteiger partial charge is 0.337 e. The molecule has 0 atom stereocenters. The average molecular weight is 397 g/mol. The first-order valence-corrected chi connectivity index (χ1v) is 9.30. The first-order valence-electron chi connectivity index (χ1n) is 8.11. The lowest BCUT2D eigenvalue weighted by Gasteiger charge is -2.18. The van der Waals surface area contributed by atoms with Crippen molar-refractivity contribution in [1.82, 2.24) is 4.90 Å². The van der Waals surface area contributed by atoms with Crippen LogP contribution in [0.5, 0.6) is 0 Å². The standard InChI is InChI=1S/C19H22ClFN2O2S/c1-11-9-15(22-18(25)19(2,3)4)26-16(11)17(24)23(5)10-12-13(20)7-6-8-14(12)21/h6-9H,10H2,1-5H3,(H,22,25). The highest BCUT2D eigenvalue weighted by atomic mass is 35.5. The molecule has 140 valence electrons. The van der Waals surface area contributed by atoms with Crippen LogP contribution in [-0.2, 0) is 11.3 Å². The number of hydrogen-bond acceptors (Lipinski definition) is 3. The molecule has 0 bridgehead atoms. The third-order valence-electron chi connectivity index (χ3n) is 3.83. The van der Waals surface area contributed by atoms with E-state index < -0.39 is 11.2 Å². The number of aryl methyl sites for hydroxylation is 1. The molecular formula is C19H22ClFN2O2S. The summed E-state index contributed by atoms with van der Waals surface area (Å²) in [7, 11) is 1.59. The van der Waals surface area contributed by atoms with Crippen LogP contribution in [0.25, 0.3) is 0 Å². The van der Waals surface area contributed by atoms with Gasteiger partial charge in [-0.2, -0.15) is 0 Å². The number of hydrogen-bond donors (Lipinski definition) is 1. The Labute approximate surface area is 162 Å². The van der Waals surface area contributed by atoms with Crippen molar-refractivity contribution in [1.29, 1.82) is 0 Å². The predicted octanol–water partition coefficient (Wildman–Crippen LogP) is 5.11. The Bertz CT molecular complexity index is 822. The molecule has 26 heavy (non-hydrogen) atoms. The number of nitrogens with zero attached hydrogens (tertiary/aromatic N) is 1. The van der Waals surface area contributed by atoms with E-state index in [1.165, 1.54) is 28.4 Å². The fraction of sp³-hybridized carbons (Fsp3) is 0.368. The Morgan fingerprint density at radius 1 is 1.31 bits per heavy atom. The molecule has 2 amide bonds. The molecule has 0 aliphatic heterocycles. The summed E-state index contributed by atoms with van der Waals surface area (Å²) < 4.78 is 13.9. The van der Waals surface area contributed by atoms with Gasteiger partial charge in [0.1, 0.15) is 5.82 Å². The summed E-state index contributed by atoms with van der Waals surface area (Å²) in [5.41, 5.74) is 0.511. The quantitative estimate of drug-likeness (QED) is 0.781. The molecule has 0 saturated carbocycles. The van der Waals surface area contributed by atoms with Crippen LogP contribution in [0.15, 0.2) is 24.3 Å². The second kappa shape index (κ2) is 7.76. The molecule has 0 aliphatic carbocycles. The maximum absolute atomic E-state index is 13.9. The molecule has 0 radical (unpaired) electrons. The molecule has 2 rings (SSSR count). The Morgan fingerprint density at radius 2 is 1.96 bits per heavy atom. The normalized spacial score (nSPS) is 11.3. The molecule has 0 unspecified atom stereocenters. The van der Waals surface area contributed by atoms with E-state index in [1.807, 2.05) is 20.8 Å². The van der Waals surface area contributed by atoms with Crippen molar-refractivity contribution in [3.63, 3.8) is 0 Å². The molecule has 1 aromatic carbocycles. The van der Waals surface area contributed by atoms with Gasteiger partial charge in [0.2, 0.25) is 5.91 Å². The van der Waals surface area contributed by atoms with E-state index >= 15 is 0 Å². The molecular weight excluding hydrogens is 375 g/mol. The molecule has 4 nitrogen and oxygen atoms in total. The van der Waals surface area contributed by atoms with E-state index in [0.29, 0.717) is 9.88 Å². The van der Waals surface area contributed by atoms with Gasteiger partial charge in [0.05, 0.1) is 16.4 Å². The maximum Gasteiger partial charge on any atom is 0.264 e. The third kappa shape index (κ3) is 4.62. The Morgan fingerprint density at radius 3 is 2.54 bits per heavy atom. The molecule has 1 N–H and O–H groups in total. The third-order valence-corrected chi connectivity index (χ3v) is 5.33. The topological polar surface area (TPSA) is 49.4 Å². The molecule has 7 heteroatoms. The van der Waals surface area contributed by atoms with Crippen LogP contribution < -0.4 is 5.32 Å². The fourth-order valence-corrected chi connectivity index (χ4v) is 3.51. The Balaban J connectivity index is 2.18. The van der Waals surface area contributed by atoms with Crippen molar-refractivity contribution in [2.45, 2.75) is 34.2 Å². The van der Waals surface area contributed by atoms with Gasteiger partial charge in [0.15, 0.2) is 0 Å². The van der Waals surface area contributed by atoms with Crippen molar-refractivity contribution in [2.24, 2.45) is 5.41 Å². The molecule has 1 heterocycles. The summed E-state index contributed by atoms with van der Waals surface area (Å²) in [5.74, 6) is -0.814. The van der Waals surface area contributed by atoms with E-state index in [0.717, 1.165) is 5.56 Å². The number of benzene rings is 1. The van der Waals surface area contributed by atoms with E-state index in [4.69, 9.17) is 11.6 Å². The predicted molar refractivity (Wildman–Crippen MR) is 104 cm³/mol. The summed E-state index contributed by atoms with van der Waals surface area (Å²) in [6, 6.07) is 6.20. The number of halogens is 2. The number of amides is 2. The lowest BCUT2D eigenvalue weighted by atomic mass is 9.96. The smallest absolute Gasteiger partial charge is 0.264 e. The van der Waals surface area contributed by atoms with Crippen molar-refractivity contribution < 1.29 is 14.0 Å². The first kappa shape index (κ1) is 20.4. The maximum atomic E-state index is 13.9. The summed E-state index contributed by atoms with van der Waals surface area (Å²) in [5, 5.41) is 3.73.